The van der Waals surface area contributed by atoms with Gasteiger partial charge in [0.25, 0.3) is 0 Å². The maximum atomic E-state index is 13.5. The summed E-state index contributed by atoms with van der Waals surface area (Å²) in [6, 6.07) is 23.9. The Morgan fingerprint density at radius 1 is 0.967 bits per heavy atom. The Kier molecular flexibility index (Phi) is 6.08. The number of nitrogens with zero attached hydrogens (tertiary/aromatic N) is 4. The van der Waals surface area contributed by atoms with E-state index in [9.17, 15) is 4.39 Å². The molecule has 0 saturated heterocycles. The fourth-order valence-corrected chi connectivity index (χ4v) is 3.78. The van der Waals surface area contributed by atoms with Crippen LogP contribution in [0.15, 0.2) is 78.9 Å². The van der Waals surface area contributed by atoms with Gasteiger partial charge in [0.2, 0.25) is 4.77 Å². The predicted octanol–water partition coefficient (Wildman–Crippen LogP) is 5.95. The quantitative estimate of drug-likeness (QED) is 0.348. The van der Waals surface area contributed by atoms with Crippen molar-refractivity contribution >= 4 is 23.8 Å². The highest BCUT2D eigenvalue weighted by molar-refractivity contribution is 7.71. The van der Waals surface area contributed by atoms with Crippen LogP contribution in [0.2, 0.25) is 5.02 Å². The third-order valence-electron chi connectivity index (χ3n) is 4.73. The van der Waals surface area contributed by atoms with E-state index in [2.05, 4.69) is 4.90 Å². The van der Waals surface area contributed by atoms with Crippen LogP contribution in [0.4, 0.5) is 4.39 Å². The van der Waals surface area contributed by atoms with Crippen molar-refractivity contribution < 1.29 is 4.39 Å². The zero-order valence-corrected chi connectivity index (χ0v) is 17.9. The molecule has 30 heavy (non-hydrogen) atoms. The number of aromatic nitrogens is 3. The average Bonchev–Trinajstić information content (AvgIpc) is 3.07. The van der Waals surface area contributed by atoms with Gasteiger partial charge in [-0.25, -0.2) is 9.07 Å². The Morgan fingerprint density at radius 3 is 2.33 bits per heavy atom. The number of benzene rings is 3. The molecule has 0 fully saturated rings. The Hall–Kier alpha value is -2.80. The molecule has 0 aliphatic heterocycles. The highest BCUT2D eigenvalue weighted by Gasteiger charge is 2.16. The normalized spacial score (nSPS) is 11.2. The number of hydrogen-bond acceptors (Lipinski definition) is 3. The van der Waals surface area contributed by atoms with Gasteiger partial charge in [-0.05, 0) is 55.2 Å². The summed E-state index contributed by atoms with van der Waals surface area (Å²) >= 11 is 12.1. The number of hydrogen-bond donors (Lipinski definition) is 0. The molecule has 0 aliphatic carbocycles. The van der Waals surface area contributed by atoms with Crippen LogP contribution in [-0.2, 0) is 13.2 Å². The Balaban J connectivity index is 1.71. The van der Waals surface area contributed by atoms with E-state index in [0.717, 1.165) is 21.8 Å². The minimum absolute atomic E-state index is 0.293. The van der Waals surface area contributed by atoms with Crippen LogP contribution in [0.25, 0.3) is 17.1 Å². The maximum Gasteiger partial charge on any atom is 0.204 e. The predicted molar refractivity (Wildman–Crippen MR) is 121 cm³/mol. The first-order valence-electron chi connectivity index (χ1n) is 9.46. The van der Waals surface area contributed by atoms with Gasteiger partial charge in [-0.15, -0.1) is 5.10 Å². The van der Waals surface area contributed by atoms with E-state index in [-0.39, 0.29) is 5.82 Å². The third kappa shape index (κ3) is 4.36. The van der Waals surface area contributed by atoms with Crippen LogP contribution >= 0.6 is 23.8 Å². The molecule has 0 spiro atoms. The van der Waals surface area contributed by atoms with Crippen molar-refractivity contribution in [3.63, 3.8) is 0 Å². The molecule has 0 amide bonds. The summed E-state index contributed by atoms with van der Waals surface area (Å²) in [5.74, 6) is 0.414. The molecule has 152 valence electrons. The molecule has 7 heteroatoms. The second-order valence-electron chi connectivity index (χ2n) is 7.03. The summed E-state index contributed by atoms with van der Waals surface area (Å²) in [5, 5.41) is 5.52. The largest absolute Gasteiger partial charge is 0.283 e. The summed E-state index contributed by atoms with van der Waals surface area (Å²) in [5.41, 5.74) is 2.73. The zero-order chi connectivity index (χ0) is 21.1. The Labute approximate surface area is 184 Å². The summed E-state index contributed by atoms with van der Waals surface area (Å²) in [6.45, 7) is 1.14. The summed E-state index contributed by atoms with van der Waals surface area (Å²) in [7, 11) is 1.99. The van der Waals surface area contributed by atoms with Gasteiger partial charge in [0, 0.05) is 17.1 Å². The fraction of sp³-hybridized carbons (Fsp3) is 0.130. The minimum atomic E-state index is -0.293. The Bertz CT molecular complexity index is 1200. The first-order chi connectivity index (χ1) is 14.5. The van der Waals surface area contributed by atoms with Gasteiger partial charge in [-0.2, -0.15) is 0 Å². The lowest BCUT2D eigenvalue weighted by Gasteiger charge is -2.17. The molecule has 0 bridgehead atoms. The first kappa shape index (κ1) is 20.5. The summed E-state index contributed by atoms with van der Waals surface area (Å²) in [6.07, 6.45) is 0. The average molecular weight is 439 g/mol. The molecular formula is C23H20ClFN4S. The highest BCUT2D eigenvalue weighted by Crippen LogP contribution is 2.23. The van der Waals surface area contributed by atoms with Crippen LogP contribution in [0.5, 0.6) is 0 Å². The molecular weight excluding hydrogens is 419 g/mol. The highest BCUT2D eigenvalue weighted by atomic mass is 35.5. The maximum absolute atomic E-state index is 13.5. The van der Waals surface area contributed by atoms with Crippen molar-refractivity contribution in [1.82, 2.24) is 19.2 Å². The van der Waals surface area contributed by atoms with E-state index in [0.29, 0.717) is 23.8 Å². The molecule has 0 atom stereocenters. The standard InChI is InChI=1S/C23H20ClFN4S/c1-27(15-18-9-5-6-10-21(18)24)16-28-23(30)29(20-13-11-19(25)12-14-20)22(26-28)17-7-3-2-4-8-17/h2-14H,15-16H2,1H3. The molecule has 4 rings (SSSR count). The van der Waals surface area contributed by atoms with Crippen LogP contribution < -0.4 is 0 Å². The van der Waals surface area contributed by atoms with Crippen molar-refractivity contribution in [2.24, 2.45) is 0 Å². The van der Waals surface area contributed by atoms with Crippen molar-refractivity contribution in [2.45, 2.75) is 13.2 Å². The van der Waals surface area contributed by atoms with Gasteiger partial charge in [-0.1, -0.05) is 60.1 Å². The van der Waals surface area contributed by atoms with E-state index < -0.39 is 0 Å². The number of rotatable bonds is 6. The molecule has 1 heterocycles. The third-order valence-corrected chi connectivity index (χ3v) is 5.49. The lowest BCUT2D eigenvalue weighted by molar-refractivity contribution is 0.244. The molecule has 0 N–H and O–H groups in total. The molecule has 0 radical (unpaired) electrons. The lowest BCUT2D eigenvalue weighted by atomic mass is 10.2. The van der Waals surface area contributed by atoms with Crippen LogP contribution in [-0.4, -0.2) is 26.3 Å². The topological polar surface area (TPSA) is 26.0 Å². The van der Waals surface area contributed by atoms with E-state index in [4.69, 9.17) is 28.9 Å². The lowest BCUT2D eigenvalue weighted by Crippen LogP contribution is -2.22. The van der Waals surface area contributed by atoms with E-state index >= 15 is 0 Å². The van der Waals surface area contributed by atoms with Gasteiger partial charge in [0.05, 0.1) is 12.4 Å². The molecule has 4 nitrogen and oxygen atoms in total. The first-order valence-corrected chi connectivity index (χ1v) is 10.2. The molecule has 4 aromatic rings. The van der Waals surface area contributed by atoms with E-state index in [1.54, 1.807) is 16.8 Å². The molecule has 0 saturated carbocycles. The van der Waals surface area contributed by atoms with Gasteiger partial charge in [0.1, 0.15) is 5.82 Å². The van der Waals surface area contributed by atoms with Crippen LogP contribution in [0, 0.1) is 10.6 Å². The van der Waals surface area contributed by atoms with E-state index in [1.165, 1.54) is 12.1 Å². The minimum Gasteiger partial charge on any atom is -0.283 e. The summed E-state index contributed by atoms with van der Waals surface area (Å²) < 4.78 is 17.6. The van der Waals surface area contributed by atoms with Gasteiger partial charge in [0.15, 0.2) is 5.82 Å². The molecule has 3 aromatic carbocycles. The zero-order valence-electron chi connectivity index (χ0n) is 16.4. The van der Waals surface area contributed by atoms with E-state index in [1.807, 2.05) is 66.2 Å². The van der Waals surface area contributed by atoms with Gasteiger partial charge < -0.3 is 0 Å². The molecule has 1 aromatic heterocycles. The SMILES string of the molecule is CN(Cc1ccccc1Cl)Cn1nc(-c2ccccc2)n(-c2ccc(F)cc2)c1=S. The second-order valence-corrected chi connectivity index (χ2v) is 7.80. The van der Waals surface area contributed by atoms with Gasteiger partial charge in [-0.3, -0.25) is 9.47 Å². The van der Waals surface area contributed by atoms with Crippen molar-refractivity contribution in [3.05, 3.63) is 100 Å². The Morgan fingerprint density at radius 2 is 1.63 bits per heavy atom. The van der Waals surface area contributed by atoms with Crippen molar-refractivity contribution in [1.29, 1.82) is 0 Å². The fourth-order valence-electron chi connectivity index (χ4n) is 3.29. The monoisotopic (exact) mass is 438 g/mol. The summed E-state index contributed by atoms with van der Waals surface area (Å²) in [4.78, 5) is 2.09. The van der Waals surface area contributed by atoms with Crippen LogP contribution in [0.3, 0.4) is 0 Å². The number of halogens is 2. The van der Waals surface area contributed by atoms with Crippen molar-refractivity contribution in [2.75, 3.05) is 7.05 Å². The second kappa shape index (κ2) is 8.92. The smallest absolute Gasteiger partial charge is 0.204 e. The van der Waals surface area contributed by atoms with Crippen molar-refractivity contribution in [3.8, 4) is 17.1 Å². The molecule has 0 unspecified atom stereocenters. The van der Waals surface area contributed by atoms with Gasteiger partial charge >= 0.3 is 0 Å². The molecule has 0 aliphatic rings. The van der Waals surface area contributed by atoms with Crippen LogP contribution in [0.1, 0.15) is 5.56 Å².